The Morgan fingerprint density at radius 2 is 1.88 bits per heavy atom. The van der Waals surface area contributed by atoms with E-state index in [1.807, 2.05) is 24.3 Å². The number of halogens is 1. The molecule has 0 saturated heterocycles. The summed E-state index contributed by atoms with van der Waals surface area (Å²) in [4.78, 5) is 12.5. The lowest BCUT2D eigenvalue weighted by atomic mass is 10.1. The van der Waals surface area contributed by atoms with Crippen molar-refractivity contribution in [2.45, 2.75) is 6.61 Å². The molecule has 0 unspecified atom stereocenters. The number of benzene rings is 3. The normalized spacial score (nSPS) is 12.1. The van der Waals surface area contributed by atoms with E-state index < -0.39 is 5.91 Å². The van der Waals surface area contributed by atoms with E-state index in [1.54, 1.807) is 42.5 Å². The molecule has 1 heterocycles. The summed E-state index contributed by atoms with van der Waals surface area (Å²) in [6.45, 7) is 0.523. The number of carbonyl (C=O) groups excluding carboxylic acids is 1. The average Bonchev–Trinajstić information content (AvgIpc) is 3.30. The minimum absolute atomic E-state index is 0.0333. The van der Waals surface area contributed by atoms with E-state index in [1.165, 1.54) is 13.2 Å². The first-order valence-electron chi connectivity index (χ1n) is 9.94. The maximum absolute atomic E-state index is 12.5. The van der Waals surface area contributed by atoms with Crippen molar-refractivity contribution < 1.29 is 23.7 Å². The summed E-state index contributed by atoms with van der Waals surface area (Å²) in [6, 6.07) is 19.8. The molecule has 166 valence electrons. The van der Waals surface area contributed by atoms with Gasteiger partial charge in [-0.1, -0.05) is 28.1 Å². The van der Waals surface area contributed by atoms with Gasteiger partial charge in [-0.2, -0.15) is 5.26 Å². The molecule has 1 aliphatic heterocycles. The SMILES string of the molecule is COc1cc(/C=C(/C#N)C(=O)Nc2ccc(Br)cc2)ccc1OCc1ccc2c(c1)OCO2. The summed E-state index contributed by atoms with van der Waals surface area (Å²) in [6.07, 6.45) is 1.50. The minimum Gasteiger partial charge on any atom is -0.493 e. The monoisotopic (exact) mass is 506 g/mol. The minimum atomic E-state index is -0.498. The van der Waals surface area contributed by atoms with Crippen LogP contribution in [0.2, 0.25) is 0 Å². The van der Waals surface area contributed by atoms with Crippen molar-refractivity contribution >= 4 is 33.6 Å². The number of ether oxygens (including phenoxy) is 4. The van der Waals surface area contributed by atoms with Crippen molar-refractivity contribution in [2.75, 3.05) is 19.2 Å². The maximum Gasteiger partial charge on any atom is 0.266 e. The van der Waals surface area contributed by atoms with Gasteiger partial charge in [0.2, 0.25) is 6.79 Å². The van der Waals surface area contributed by atoms with E-state index >= 15 is 0 Å². The number of nitriles is 1. The van der Waals surface area contributed by atoms with Gasteiger partial charge >= 0.3 is 0 Å². The standard InChI is InChI=1S/C25H19BrN2O5/c1-30-23-11-16(10-18(13-27)25(29)28-20-6-4-19(26)5-7-20)2-8-21(23)31-14-17-3-9-22-24(12-17)33-15-32-22/h2-12H,14-15H2,1H3,(H,28,29)/b18-10-. The molecule has 8 heteroatoms. The molecule has 0 fully saturated rings. The van der Waals surface area contributed by atoms with Gasteiger partial charge in [-0.3, -0.25) is 4.79 Å². The first kappa shape index (κ1) is 22.2. The molecule has 0 aliphatic carbocycles. The molecule has 0 spiro atoms. The highest BCUT2D eigenvalue weighted by Crippen LogP contribution is 2.34. The van der Waals surface area contributed by atoms with Crippen molar-refractivity contribution in [2.24, 2.45) is 0 Å². The zero-order valence-corrected chi connectivity index (χ0v) is 19.2. The van der Waals surface area contributed by atoms with Crippen molar-refractivity contribution in [1.82, 2.24) is 0 Å². The number of nitrogens with zero attached hydrogens (tertiary/aromatic N) is 1. The fraction of sp³-hybridized carbons (Fsp3) is 0.120. The molecule has 0 saturated carbocycles. The van der Waals surface area contributed by atoms with E-state index in [9.17, 15) is 10.1 Å². The molecule has 4 rings (SSSR count). The zero-order chi connectivity index (χ0) is 23.2. The fourth-order valence-corrected chi connectivity index (χ4v) is 3.40. The smallest absolute Gasteiger partial charge is 0.266 e. The van der Waals surface area contributed by atoms with Gasteiger partial charge in [-0.15, -0.1) is 0 Å². The van der Waals surface area contributed by atoms with Crippen molar-refractivity contribution in [3.63, 3.8) is 0 Å². The Hall–Kier alpha value is -3.96. The van der Waals surface area contributed by atoms with Crippen LogP contribution >= 0.6 is 15.9 Å². The number of nitrogens with one attached hydrogen (secondary N) is 1. The molecule has 0 atom stereocenters. The molecule has 0 aromatic heterocycles. The second-order valence-corrected chi connectivity index (χ2v) is 7.93. The Balaban J connectivity index is 1.46. The number of anilines is 1. The van der Waals surface area contributed by atoms with Gasteiger partial charge in [0.15, 0.2) is 23.0 Å². The Bertz CT molecular complexity index is 1250. The van der Waals surface area contributed by atoms with Crippen LogP contribution in [0.5, 0.6) is 23.0 Å². The third-order valence-electron chi connectivity index (χ3n) is 4.80. The molecule has 3 aromatic rings. The molecule has 33 heavy (non-hydrogen) atoms. The Morgan fingerprint density at radius 3 is 2.64 bits per heavy atom. The van der Waals surface area contributed by atoms with Gasteiger partial charge in [0.1, 0.15) is 18.2 Å². The predicted molar refractivity (Wildman–Crippen MR) is 126 cm³/mol. The molecule has 0 radical (unpaired) electrons. The molecule has 1 aliphatic rings. The summed E-state index contributed by atoms with van der Waals surface area (Å²) in [5, 5.41) is 12.2. The number of fused-ring (bicyclic) bond motifs is 1. The highest BCUT2D eigenvalue weighted by atomic mass is 79.9. The summed E-state index contributed by atoms with van der Waals surface area (Å²) in [7, 11) is 1.53. The fourth-order valence-electron chi connectivity index (χ4n) is 3.13. The molecule has 3 aromatic carbocycles. The van der Waals surface area contributed by atoms with Crippen LogP contribution in [0.3, 0.4) is 0 Å². The van der Waals surface area contributed by atoms with Crippen LogP contribution in [0.4, 0.5) is 5.69 Å². The zero-order valence-electron chi connectivity index (χ0n) is 17.6. The largest absolute Gasteiger partial charge is 0.493 e. The first-order valence-corrected chi connectivity index (χ1v) is 10.7. The van der Waals surface area contributed by atoms with Gasteiger partial charge < -0.3 is 24.3 Å². The first-order chi connectivity index (χ1) is 16.1. The third kappa shape index (κ3) is 5.45. The van der Waals surface area contributed by atoms with E-state index in [0.717, 1.165) is 10.0 Å². The van der Waals surface area contributed by atoms with Gasteiger partial charge in [0, 0.05) is 10.2 Å². The second-order valence-electron chi connectivity index (χ2n) is 7.02. The van der Waals surface area contributed by atoms with Crippen molar-refractivity contribution in [3.8, 4) is 29.1 Å². The van der Waals surface area contributed by atoms with Crippen molar-refractivity contribution in [1.29, 1.82) is 5.26 Å². The second kappa shape index (κ2) is 10.1. The maximum atomic E-state index is 12.5. The Kier molecular flexibility index (Phi) is 6.81. The Labute approximate surface area is 199 Å². The van der Waals surface area contributed by atoms with Crippen LogP contribution in [-0.4, -0.2) is 19.8 Å². The van der Waals surface area contributed by atoms with Crippen LogP contribution in [0.25, 0.3) is 6.08 Å². The van der Waals surface area contributed by atoms with E-state index in [4.69, 9.17) is 18.9 Å². The highest BCUT2D eigenvalue weighted by molar-refractivity contribution is 9.10. The number of rotatable bonds is 7. The van der Waals surface area contributed by atoms with E-state index in [0.29, 0.717) is 40.9 Å². The number of methoxy groups -OCH3 is 1. The molecule has 0 bridgehead atoms. The summed E-state index contributed by atoms with van der Waals surface area (Å²) in [5.74, 6) is 1.92. The van der Waals surface area contributed by atoms with Gasteiger partial charge in [0.05, 0.1) is 7.11 Å². The quantitative estimate of drug-likeness (QED) is 0.345. The average molecular weight is 507 g/mol. The highest BCUT2D eigenvalue weighted by Gasteiger charge is 2.14. The van der Waals surface area contributed by atoms with Gasteiger partial charge in [-0.05, 0) is 65.7 Å². The number of amides is 1. The van der Waals surface area contributed by atoms with Crippen LogP contribution < -0.4 is 24.3 Å². The summed E-state index contributed by atoms with van der Waals surface area (Å²) >= 11 is 3.34. The third-order valence-corrected chi connectivity index (χ3v) is 5.33. The van der Waals surface area contributed by atoms with E-state index in [2.05, 4.69) is 21.2 Å². The van der Waals surface area contributed by atoms with Gasteiger partial charge in [0.25, 0.3) is 5.91 Å². The molecular weight excluding hydrogens is 488 g/mol. The summed E-state index contributed by atoms with van der Waals surface area (Å²) in [5.41, 5.74) is 2.11. The Morgan fingerprint density at radius 1 is 1.09 bits per heavy atom. The van der Waals surface area contributed by atoms with Crippen LogP contribution in [0.1, 0.15) is 11.1 Å². The van der Waals surface area contributed by atoms with Gasteiger partial charge in [-0.25, -0.2) is 0 Å². The number of hydrogen-bond donors (Lipinski definition) is 1. The predicted octanol–water partition coefficient (Wildman–Crippen LogP) is 5.31. The van der Waals surface area contributed by atoms with Crippen LogP contribution in [0, 0.1) is 11.3 Å². The molecule has 1 amide bonds. The number of carbonyl (C=O) groups is 1. The lowest BCUT2D eigenvalue weighted by Gasteiger charge is -2.12. The van der Waals surface area contributed by atoms with Crippen LogP contribution in [-0.2, 0) is 11.4 Å². The molecular formula is C25H19BrN2O5. The lowest BCUT2D eigenvalue weighted by Crippen LogP contribution is -2.13. The van der Waals surface area contributed by atoms with E-state index in [-0.39, 0.29) is 12.4 Å². The van der Waals surface area contributed by atoms with Crippen LogP contribution in [0.15, 0.2) is 70.7 Å². The lowest BCUT2D eigenvalue weighted by molar-refractivity contribution is -0.112. The summed E-state index contributed by atoms with van der Waals surface area (Å²) < 4.78 is 23.0. The number of hydrogen-bond acceptors (Lipinski definition) is 6. The topological polar surface area (TPSA) is 89.8 Å². The molecule has 1 N–H and O–H groups in total. The molecule has 7 nitrogen and oxygen atoms in total. The van der Waals surface area contributed by atoms with Crippen molar-refractivity contribution in [3.05, 3.63) is 81.8 Å².